The number of hydrogen-bond acceptors (Lipinski definition) is 5. The predicted octanol–water partition coefficient (Wildman–Crippen LogP) is 2.14. The van der Waals surface area contributed by atoms with Crippen molar-refractivity contribution in [3.05, 3.63) is 36.0 Å². The molecule has 5 heteroatoms. The molecule has 2 rings (SSSR count). The van der Waals surface area contributed by atoms with Crippen molar-refractivity contribution in [2.75, 3.05) is 24.8 Å². The summed E-state index contributed by atoms with van der Waals surface area (Å²) in [7, 11) is 3.58. The highest BCUT2D eigenvalue weighted by molar-refractivity contribution is 5.63. The van der Waals surface area contributed by atoms with E-state index in [2.05, 4.69) is 9.97 Å². The molecule has 2 N–H and O–H groups in total. The number of rotatable bonds is 3. The van der Waals surface area contributed by atoms with Crippen LogP contribution in [0.3, 0.4) is 0 Å². The third-order valence-electron chi connectivity index (χ3n) is 2.72. The first-order chi connectivity index (χ1) is 8.61. The predicted molar refractivity (Wildman–Crippen MR) is 72.2 cm³/mol. The monoisotopic (exact) mass is 244 g/mol. The Morgan fingerprint density at radius 1 is 1.33 bits per heavy atom. The Hall–Kier alpha value is -2.30. The molecule has 0 aliphatic carbocycles. The van der Waals surface area contributed by atoms with Crippen LogP contribution in [0.25, 0.3) is 0 Å². The molecule has 0 bridgehead atoms. The zero-order chi connectivity index (χ0) is 13.1. The maximum absolute atomic E-state index is 5.63. The van der Waals surface area contributed by atoms with Crippen LogP contribution >= 0.6 is 0 Å². The highest BCUT2D eigenvalue weighted by Gasteiger charge is 2.10. The maximum Gasteiger partial charge on any atom is 0.221 e. The molecular formula is C13H16N4O. The molecule has 0 saturated heterocycles. The van der Waals surface area contributed by atoms with Crippen LogP contribution in [0.15, 0.2) is 30.5 Å². The van der Waals surface area contributed by atoms with Gasteiger partial charge in [-0.2, -0.15) is 4.98 Å². The molecule has 0 aliphatic heterocycles. The largest absolute Gasteiger partial charge is 0.497 e. The number of nitrogen functional groups attached to an aromatic ring is 1. The van der Waals surface area contributed by atoms with Gasteiger partial charge in [0, 0.05) is 30.6 Å². The Morgan fingerprint density at radius 3 is 2.83 bits per heavy atom. The van der Waals surface area contributed by atoms with Crippen molar-refractivity contribution in [2.24, 2.45) is 0 Å². The molecule has 1 heterocycles. The SMILES string of the molecule is COc1cccc(N(C)c2nc(N)ncc2C)c1. The summed E-state index contributed by atoms with van der Waals surface area (Å²) in [5.74, 6) is 1.86. The van der Waals surface area contributed by atoms with Gasteiger partial charge in [0.15, 0.2) is 0 Å². The van der Waals surface area contributed by atoms with Crippen LogP contribution in [0.1, 0.15) is 5.56 Å². The number of anilines is 3. The second-order valence-electron chi connectivity index (χ2n) is 4.00. The fourth-order valence-corrected chi connectivity index (χ4v) is 1.73. The Balaban J connectivity index is 2.40. The Morgan fingerprint density at radius 2 is 2.11 bits per heavy atom. The molecule has 0 spiro atoms. The third kappa shape index (κ3) is 2.34. The number of ether oxygens (including phenoxy) is 1. The minimum Gasteiger partial charge on any atom is -0.497 e. The van der Waals surface area contributed by atoms with E-state index in [1.165, 1.54) is 0 Å². The average molecular weight is 244 g/mol. The van der Waals surface area contributed by atoms with Crippen LogP contribution in [0.2, 0.25) is 0 Å². The molecule has 94 valence electrons. The van der Waals surface area contributed by atoms with E-state index in [0.29, 0.717) is 0 Å². The van der Waals surface area contributed by atoms with Gasteiger partial charge in [-0.25, -0.2) is 4.98 Å². The van der Waals surface area contributed by atoms with Crippen LogP contribution < -0.4 is 15.4 Å². The molecule has 0 unspecified atom stereocenters. The van der Waals surface area contributed by atoms with Crippen LogP contribution in [-0.2, 0) is 0 Å². The standard InChI is InChI=1S/C13H16N4O/c1-9-8-15-13(14)16-12(9)17(2)10-5-4-6-11(7-10)18-3/h4-8H,1-3H3,(H2,14,15,16). The van der Waals surface area contributed by atoms with Crippen LogP contribution in [0.5, 0.6) is 5.75 Å². The van der Waals surface area contributed by atoms with E-state index in [-0.39, 0.29) is 5.95 Å². The lowest BCUT2D eigenvalue weighted by atomic mass is 10.2. The molecule has 18 heavy (non-hydrogen) atoms. The summed E-state index contributed by atoms with van der Waals surface area (Å²) in [6, 6.07) is 7.76. The Labute approximate surface area is 106 Å². The lowest BCUT2D eigenvalue weighted by Crippen LogP contribution is -2.14. The molecule has 0 amide bonds. The number of methoxy groups -OCH3 is 1. The molecule has 0 radical (unpaired) electrons. The fraction of sp³-hybridized carbons (Fsp3) is 0.231. The van der Waals surface area contributed by atoms with Gasteiger partial charge in [-0.1, -0.05) is 6.07 Å². The number of nitrogens with zero attached hydrogens (tertiary/aromatic N) is 3. The van der Waals surface area contributed by atoms with Gasteiger partial charge in [0.05, 0.1) is 7.11 Å². The second kappa shape index (κ2) is 4.91. The van der Waals surface area contributed by atoms with Crippen LogP contribution in [-0.4, -0.2) is 24.1 Å². The van der Waals surface area contributed by atoms with Gasteiger partial charge < -0.3 is 15.4 Å². The first-order valence-electron chi connectivity index (χ1n) is 5.58. The summed E-state index contributed by atoms with van der Waals surface area (Å²) in [4.78, 5) is 10.2. The van der Waals surface area contributed by atoms with Crippen molar-refractivity contribution in [3.8, 4) is 5.75 Å². The third-order valence-corrected chi connectivity index (χ3v) is 2.72. The van der Waals surface area contributed by atoms with E-state index < -0.39 is 0 Å². The van der Waals surface area contributed by atoms with E-state index in [1.54, 1.807) is 13.3 Å². The summed E-state index contributed by atoms with van der Waals surface area (Å²) in [5.41, 5.74) is 7.57. The highest BCUT2D eigenvalue weighted by Crippen LogP contribution is 2.27. The number of aryl methyl sites for hydroxylation is 1. The summed E-state index contributed by atoms with van der Waals surface area (Å²) in [5, 5.41) is 0. The second-order valence-corrected chi connectivity index (χ2v) is 4.00. The van der Waals surface area contributed by atoms with Gasteiger partial charge in [0.2, 0.25) is 5.95 Å². The summed E-state index contributed by atoms with van der Waals surface area (Å²) < 4.78 is 5.21. The Bertz CT molecular complexity index is 556. The van der Waals surface area contributed by atoms with E-state index in [0.717, 1.165) is 22.8 Å². The maximum atomic E-state index is 5.63. The molecule has 0 aliphatic rings. The van der Waals surface area contributed by atoms with Crippen molar-refractivity contribution < 1.29 is 4.74 Å². The lowest BCUT2D eigenvalue weighted by Gasteiger charge is -2.20. The number of aromatic nitrogens is 2. The number of benzene rings is 1. The van der Waals surface area contributed by atoms with Gasteiger partial charge in [0.1, 0.15) is 11.6 Å². The summed E-state index contributed by atoms with van der Waals surface area (Å²) >= 11 is 0. The first-order valence-corrected chi connectivity index (χ1v) is 5.58. The molecule has 0 saturated carbocycles. The summed E-state index contributed by atoms with van der Waals surface area (Å²) in [6.45, 7) is 1.95. The quantitative estimate of drug-likeness (QED) is 0.896. The number of hydrogen-bond donors (Lipinski definition) is 1. The topological polar surface area (TPSA) is 64.3 Å². The highest BCUT2D eigenvalue weighted by atomic mass is 16.5. The van der Waals surface area contributed by atoms with Crippen molar-refractivity contribution in [2.45, 2.75) is 6.92 Å². The average Bonchev–Trinajstić information content (AvgIpc) is 2.41. The van der Waals surface area contributed by atoms with E-state index in [9.17, 15) is 0 Å². The van der Waals surface area contributed by atoms with E-state index >= 15 is 0 Å². The lowest BCUT2D eigenvalue weighted by molar-refractivity contribution is 0.415. The molecule has 0 fully saturated rings. The van der Waals surface area contributed by atoms with Gasteiger partial charge in [-0.15, -0.1) is 0 Å². The molecule has 2 aromatic rings. The molecule has 1 aromatic heterocycles. The minimum absolute atomic E-state index is 0.269. The first kappa shape index (κ1) is 12.2. The van der Waals surface area contributed by atoms with Gasteiger partial charge in [-0.3, -0.25) is 0 Å². The van der Waals surface area contributed by atoms with E-state index in [4.69, 9.17) is 10.5 Å². The zero-order valence-electron chi connectivity index (χ0n) is 10.7. The molecule has 1 aromatic carbocycles. The molecular weight excluding hydrogens is 228 g/mol. The normalized spacial score (nSPS) is 10.2. The van der Waals surface area contributed by atoms with Crippen LogP contribution in [0.4, 0.5) is 17.5 Å². The smallest absolute Gasteiger partial charge is 0.221 e. The van der Waals surface area contributed by atoms with Gasteiger partial charge in [-0.05, 0) is 19.1 Å². The molecule has 5 nitrogen and oxygen atoms in total. The van der Waals surface area contributed by atoms with Gasteiger partial charge >= 0.3 is 0 Å². The fourth-order valence-electron chi connectivity index (χ4n) is 1.73. The van der Waals surface area contributed by atoms with Crippen molar-refractivity contribution >= 4 is 17.5 Å². The Kier molecular flexibility index (Phi) is 3.32. The van der Waals surface area contributed by atoms with Crippen LogP contribution in [0, 0.1) is 6.92 Å². The van der Waals surface area contributed by atoms with Crippen molar-refractivity contribution in [3.63, 3.8) is 0 Å². The van der Waals surface area contributed by atoms with Crippen molar-refractivity contribution in [1.82, 2.24) is 9.97 Å². The van der Waals surface area contributed by atoms with Gasteiger partial charge in [0.25, 0.3) is 0 Å². The summed E-state index contributed by atoms with van der Waals surface area (Å²) in [6.07, 6.45) is 1.72. The van der Waals surface area contributed by atoms with Crippen molar-refractivity contribution in [1.29, 1.82) is 0 Å². The minimum atomic E-state index is 0.269. The van der Waals surface area contributed by atoms with E-state index in [1.807, 2.05) is 43.1 Å². The number of nitrogens with two attached hydrogens (primary N) is 1. The zero-order valence-corrected chi connectivity index (χ0v) is 10.7. The molecule has 0 atom stereocenters.